The van der Waals surface area contributed by atoms with Crippen LogP contribution in [0.3, 0.4) is 0 Å². The topological polar surface area (TPSA) is 67.7 Å². The third-order valence-corrected chi connectivity index (χ3v) is 2.17. The molecule has 0 aliphatic carbocycles. The summed E-state index contributed by atoms with van der Waals surface area (Å²) >= 11 is 0. The molecule has 4 heteroatoms. The average molecular weight is 200 g/mol. The van der Waals surface area contributed by atoms with Gasteiger partial charge in [-0.1, -0.05) is 0 Å². The van der Waals surface area contributed by atoms with Crippen molar-refractivity contribution in [1.29, 1.82) is 5.41 Å². The molecule has 0 radical (unpaired) electrons. The van der Waals surface area contributed by atoms with Gasteiger partial charge in [0.2, 0.25) is 0 Å². The molecule has 0 atom stereocenters. The minimum Gasteiger partial charge on any atom is -0.384 e. The fraction of sp³-hybridized carbons (Fsp3) is 0.0909. The van der Waals surface area contributed by atoms with Gasteiger partial charge in [-0.05, 0) is 37.3 Å². The highest BCUT2D eigenvalue weighted by Gasteiger charge is 1.99. The van der Waals surface area contributed by atoms with E-state index < -0.39 is 0 Å². The fourth-order valence-corrected chi connectivity index (χ4v) is 1.35. The molecule has 76 valence electrons. The maximum atomic E-state index is 7.27. The van der Waals surface area contributed by atoms with Crippen LogP contribution in [-0.4, -0.2) is 15.6 Å². The average Bonchev–Trinajstić information content (AvgIpc) is 2.65. The zero-order chi connectivity index (χ0) is 10.8. The molecule has 0 aliphatic rings. The predicted molar refractivity (Wildman–Crippen MR) is 59.3 cm³/mol. The number of aromatic nitrogens is 2. The molecule has 0 saturated heterocycles. The molecule has 4 nitrogen and oxygen atoms in total. The molecule has 0 aliphatic heterocycles. The highest BCUT2D eigenvalue weighted by atomic mass is 15.3. The van der Waals surface area contributed by atoms with Crippen LogP contribution in [0.15, 0.2) is 36.5 Å². The van der Waals surface area contributed by atoms with E-state index in [1.807, 2.05) is 43.5 Å². The Morgan fingerprint density at radius 1 is 1.27 bits per heavy atom. The van der Waals surface area contributed by atoms with Crippen LogP contribution in [0.1, 0.15) is 11.3 Å². The lowest BCUT2D eigenvalue weighted by Gasteiger charge is -2.02. The molecule has 2 aromatic rings. The van der Waals surface area contributed by atoms with Gasteiger partial charge in [0.1, 0.15) is 5.84 Å². The number of benzene rings is 1. The van der Waals surface area contributed by atoms with E-state index in [1.165, 1.54) is 0 Å². The number of amidine groups is 1. The van der Waals surface area contributed by atoms with E-state index >= 15 is 0 Å². The minimum atomic E-state index is 0.0817. The number of nitrogens with zero attached hydrogens (tertiary/aromatic N) is 2. The van der Waals surface area contributed by atoms with E-state index in [0.717, 1.165) is 16.9 Å². The Hall–Kier alpha value is -2.10. The highest BCUT2D eigenvalue weighted by Crippen LogP contribution is 2.08. The van der Waals surface area contributed by atoms with Crippen molar-refractivity contribution in [2.45, 2.75) is 6.92 Å². The van der Waals surface area contributed by atoms with Gasteiger partial charge in [-0.2, -0.15) is 5.10 Å². The second-order valence-electron chi connectivity index (χ2n) is 3.36. The molecular weight excluding hydrogens is 188 g/mol. The van der Waals surface area contributed by atoms with Crippen LogP contribution in [-0.2, 0) is 0 Å². The zero-order valence-electron chi connectivity index (χ0n) is 8.44. The standard InChI is InChI=1S/C11H12N4/c1-8-6-7-15(14-8)10-4-2-9(3-5-10)11(12)13/h2-7H,1H3,(H3,12,13). The van der Waals surface area contributed by atoms with Crippen molar-refractivity contribution in [3.05, 3.63) is 47.8 Å². The second kappa shape index (κ2) is 3.57. The van der Waals surface area contributed by atoms with Crippen LogP contribution >= 0.6 is 0 Å². The molecule has 0 saturated carbocycles. The number of rotatable bonds is 2. The SMILES string of the molecule is Cc1ccn(-c2ccc(C(=N)N)cc2)n1. The van der Waals surface area contributed by atoms with Crippen molar-refractivity contribution in [3.63, 3.8) is 0 Å². The van der Waals surface area contributed by atoms with E-state index in [0.29, 0.717) is 0 Å². The van der Waals surface area contributed by atoms with Crippen molar-refractivity contribution in [2.75, 3.05) is 0 Å². The Labute approximate surface area is 87.9 Å². The fourth-order valence-electron chi connectivity index (χ4n) is 1.35. The predicted octanol–water partition coefficient (Wildman–Crippen LogP) is 1.46. The number of nitrogens with two attached hydrogens (primary N) is 1. The van der Waals surface area contributed by atoms with Gasteiger partial charge in [0.15, 0.2) is 0 Å². The lowest BCUT2D eigenvalue weighted by atomic mass is 10.2. The minimum absolute atomic E-state index is 0.0817. The molecule has 2 rings (SSSR count). The summed E-state index contributed by atoms with van der Waals surface area (Å²) in [6, 6.07) is 9.36. The van der Waals surface area contributed by atoms with Crippen LogP contribution in [0, 0.1) is 12.3 Å². The zero-order valence-corrected chi connectivity index (χ0v) is 8.44. The van der Waals surface area contributed by atoms with Gasteiger partial charge >= 0.3 is 0 Å². The van der Waals surface area contributed by atoms with Gasteiger partial charge < -0.3 is 5.73 Å². The van der Waals surface area contributed by atoms with Crippen LogP contribution in [0.4, 0.5) is 0 Å². The summed E-state index contributed by atoms with van der Waals surface area (Å²) in [6.45, 7) is 1.94. The molecule has 0 spiro atoms. The maximum absolute atomic E-state index is 7.27. The highest BCUT2D eigenvalue weighted by molar-refractivity contribution is 5.95. The summed E-state index contributed by atoms with van der Waals surface area (Å²) in [5.41, 5.74) is 8.04. The van der Waals surface area contributed by atoms with Crippen molar-refractivity contribution in [1.82, 2.24) is 9.78 Å². The lowest BCUT2D eigenvalue weighted by molar-refractivity contribution is 0.862. The molecular formula is C11H12N4. The third-order valence-electron chi connectivity index (χ3n) is 2.17. The van der Waals surface area contributed by atoms with E-state index in [9.17, 15) is 0 Å². The Balaban J connectivity index is 2.35. The quantitative estimate of drug-likeness (QED) is 0.569. The summed E-state index contributed by atoms with van der Waals surface area (Å²) in [5.74, 6) is 0.0817. The summed E-state index contributed by atoms with van der Waals surface area (Å²) in [6.07, 6.45) is 1.90. The van der Waals surface area contributed by atoms with E-state index in [-0.39, 0.29) is 5.84 Å². The monoisotopic (exact) mass is 200 g/mol. The van der Waals surface area contributed by atoms with Gasteiger partial charge in [-0.15, -0.1) is 0 Å². The smallest absolute Gasteiger partial charge is 0.122 e. The van der Waals surface area contributed by atoms with E-state index in [1.54, 1.807) is 4.68 Å². The number of nitrogens with one attached hydrogen (secondary N) is 1. The molecule has 1 aromatic carbocycles. The Kier molecular flexibility index (Phi) is 2.25. The van der Waals surface area contributed by atoms with Gasteiger partial charge in [0.25, 0.3) is 0 Å². The Morgan fingerprint density at radius 3 is 2.40 bits per heavy atom. The van der Waals surface area contributed by atoms with Gasteiger partial charge in [-0.3, -0.25) is 5.41 Å². The first kappa shape index (κ1) is 9.45. The molecule has 0 amide bonds. The van der Waals surface area contributed by atoms with E-state index in [2.05, 4.69) is 5.10 Å². The Bertz CT molecular complexity index is 482. The molecule has 1 aromatic heterocycles. The number of hydrogen-bond acceptors (Lipinski definition) is 2. The van der Waals surface area contributed by atoms with Crippen molar-refractivity contribution in [2.24, 2.45) is 5.73 Å². The van der Waals surface area contributed by atoms with Crippen LogP contribution < -0.4 is 5.73 Å². The first-order valence-corrected chi connectivity index (χ1v) is 4.64. The number of hydrogen-bond donors (Lipinski definition) is 2. The number of aryl methyl sites for hydroxylation is 1. The lowest BCUT2D eigenvalue weighted by Crippen LogP contribution is -2.10. The van der Waals surface area contributed by atoms with Gasteiger partial charge in [-0.25, -0.2) is 4.68 Å². The summed E-state index contributed by atoms with van der Waals surface area (Å²) < 4.78 is 1.79. The third kappa shape index (κ3) is 1.88. The summed E-state index contributed by atoms with van der Waals surface area (Å²) in [5, 5.41) is 11.6. The summed E-state index contributed by atoms with van der Waals surface area (Å²) in [7, 11) is 0. The van der Waals surface area contributed by atoms with Gasteiger partial charge in [0.05, 0.1) is 11.4 Å². The molecule has 0 bridgehead atoms. The van der Waals surface area contributed by atoms with Crippen molar-refractivity contribution in [3.8, 4) is 5.69 Å². The van der Waals surface area contributed by atoms with Crippen molar-refractivity contribution >= 4 is 5.84 Å². The molecule has 0 unspecified atom stereocenters. The second-order valence-corrected chi connectivity index (χ2v) is 3.36. The van der Waals surface area contributed by atoms with Crippen LogP contribution in [0.25, 0.3) is 5.69 Å². The first-order valence-electron chi connectivity index (χ1n) is 4.64. The molecule has 15 heavy (non-hydrogen) atoms. The first-order chi connectivity index (χ1) is 7.16. The number of nitrogen functional groups attached to an aromatic ring is 1. The largest absolute Gasteiger partial charge is 0.384 e. The molecule has 3 N–H and O–H groups in total. The summed E-state index contributed by atoms with van der Waals surface area (Å²) in [4.78, 5) is 0. The van der Waals surface area contributed by atoms with Crippen LogP contribution in [0.2, 0.25) is 0 Å². The van der Waals surface area contributed by atoms with Gasteiger partial charge in [0, 0.05) is 11.8 Å². The van der Waals surface area contributed by atoms with E-state index in [4.69, 9.17) is 11.1 Å². The van der Waals surface area contributed by atoms with Crippen LogP contribution in [0.5, 0.6) is 0 Å². The molecule has 1 heterocycles. The normalized spacial score (nSPS) is 10.2. The Morgan fingerprint density at radius 2 is 1.93 bits per heavy atom. The van der Waals surface area contributed by atoms with Crippen molar-refractivity contribution < 1.29 is 0 Å². The maximum Gasteiger partial charge on any atom is 0.122 e. The molecule has 0 fully saturated rings.